The van der Waals surface area contributed by atoms with Crippen molar-refractivity contribution in [3.8, 4) is 28.1 Å². The third-order valence-electron chi connectivity index (χ3n) is 6.63. The molecular weight excluding hydrogens is 570 g/mol. The van der Waals surface area contributed by atoms with Gasteiger partial charge in [-0.3, -0.25) is 9.20 Å². The van der Waals surface area contributed by atoms with Crippen LogP contribution in [0.2, 0.25) is 5.15 Å². The molecule has 1 unspecified atom stereocenters. The van der Waals surface area contributed by atoms with Crippen LogP contribution in [-0.2, 0) is 0 Å². The number of nitrogens with two attached hydrogens (primary N) is 1. The van der Waals surface area contributed by atoms with Crippen molar-refractivity contribution in [2.45, 2.75) is 32.9 Å². The van der Waals surface area contributed by atoms with Crippen LogP contribution in [0.1, 0.15) is 31.7 Å². The van der Waals surface area contributed by atoms with Gasteiger partial charge in [0.2, 0.25) is 0 Å². The number of rotatable bonds is 6. The Morgan fingerprint density at radius 2 is 1.83 bits per heavy atom. The molecule has 4 heterocycles. The average molecular weight is 593 g/mol. The number of hydrogen-bond acceptors (Lipinski definition) is 7. The first kappa shape index (κ1) is 26.9. The molecule has 0 aliphatic rings. The highest BCUT2D eigenvalue weighted by Crippen LogP contribution is 2.38. The van der Waals surface area contributed by atoms with E-state index in [0.29, 0.717) is 43.1 Å². The van der Waals surface area contributed by atoms with E-state index >= 15 is 0 Å². The predicted molar refractivity (Wildman–Crippen MR) is 157 cm³/mol. The summed E-state index contributed by atoms with van der Waals surface area (Å²) in [6.07, 6.45) is 1.14. The van der Waals surface area contributed by atoms with E-state index in [2.05, 4.69) is 9.97 Å². The number of halogens is 3. The van der Waals surface area contributed by atoms with Crippen molar-refractivity contribution >= 4 is 44.6 Å². The molecule has 208 valence electrons. The maximum absolute atomic E-state index is 14.9. The van der Waals surface area contributed by atoms with E-state index < -0.39 is 17.7 Å². The molecule has 0 saturated carbocycles. The van der Waals surface area contributed by atoms with Gasteiger partial charge in [0.05, 0.1) is 22.4 Å². The highest BCUT2D eigenvalue weighted by molar-refractivity contribution is 7.18. The van der Waals surface area contributed by atoms with Gasteiger partial charge < -0.3 is 10.5 Å². The monoisotopic (exact) mass is 592 g/mol. The zero-order valence-corrected chi connectivity index (χ0v) is 23.7. The molecule has 0 aliphatic heterocycles. The largest absolute Gasteiger partial charge is 0.488 e. The average Bonchev–Trinajstić information content (AvgIpc) is 3.49. The second-order valence-electron chi connectivity index (χ2n) is 9.73. The van der Waals surface area contributed by atoms with E-state index in [9.17, 15) is 13.6 Å². The van der Waals surface area contributed by atoms with Crippen LogP contribution in [0.5, 0.6) is 5.75 Å². The summed E-state index contributed by atoms with van der Waals surface area (Å²) in [7, 11) is 0. The number of thiazole rings is 1. The summed E-state index contributed by atoms with van der Waals surface area (Å²) in [5, 5.41) is 5.44. The molecule has 2 aromatic carbocycles. The summed E-state index contributed by atoms with van der Waals surface area (Å²) in [4.78, 5) is 23.3. The van der Waals surface area contributed by atoms with E-state index in [4.69, 9.17) is 27.2 Å². The molecule has 0 fully saturated rings. The zero-order valence-electron chi connectivity index (χ0n) is 22.1. The molecule has 6 rings (SSSR count). The van der Waals surface area contributed by atoms with E-state index in [0.717, 1.165) is 0 Å². The smallest absolute Gasteiger partial charge is 0.264 e. The SMILES string of the molecule is CC(C)Oc1ccc(-c2nn(C(C)c3sc4ccc(-c5cccc(F)c5)c(=O)n4c3Cl)c3ncnc(N)c23)cc1F. The summed E-state index contributed by atoms with van der Waals surface area (Å²) < 4.78 is 37.3. The van der Waals surface area contributed by atoms with Gasteiger partial charge in [-0.15, -0.1) is 11.3 Å². The third kappa shape index (κ3) is 4.60. The van der Waals surface area contributed by atoms with Crippen molar-refractivity contribution in [2.75, 3.05) is 5.73 Å². The molecule has 8 nitrogen and oxygen atoms in total. The first-order chi connectivity index (χ1) is 19.6. The third-order valence-corrected chi connectivity index (χ3v) is 8.40. The number of fused-ring (bicyclic) bond motifs is 2. The van der Waals surface area contributed by atoms with Gasteiger partial charge in [0, 0.05) is 11.1 Å². The molecule has 1 atom stereocenters. The van der Waals surface area contributed by atoms with Gasteiger partial charge in [0.25, 0.3) is 5.56 Å². The van der Waals surface area contributed by atoms with Crippen LogP contribution in [0.25, 0.3) is 38.2 Å². The van der Waals surface area contributed by atoms with E-state index in [1.807, 2.05) is 20.8 Å². The maximum Gasteiger partial charge on any atom is 0.264 e. The van der Waals surface area contributed by atoms with Crippen molar-refractivity contribution in [3.05, 3.63) is 92.9 Å². The highest BCUT2D eigenvalue weighted by atomic mass is 35.5. The molecule has 0 spiro atoms. The first-order valence-electron chi connectivity index (χ1n) is 12.7. The Kier molecular flexibility index (Phi) is 6.71. The van der Waals surface area contributed by atoms with E-state index in [1.54, 1.807) is 41.1 Å². The summed E-state index contributed by atoms with van der Waals surface area (Å²) in [6.45, 7) is 5.50. The number of nitrogen functional groups attached to an aromatic ring is 1. The summed E-state index contributed by atoms with van der Waals surface area (Å²) in [5.41, 5.74) is 7.94. The van der Waals surface area contributed by atoms with Crippen molar-refractivity contribution in [1.82, 2.24) is 24.1 Å². The van der Waals surface area contributed by atoms with Gasteiger partial charge in [0.1, 0.15) is 33.6 Å². The molecular formula is C29H23ClF2N6O2S. The fraction of sp³-hybridized carbons (Fsp3) is 0.172. The van der Waals surface area contributed by atoms with E-state index in [-0.39, 0.29) is 28.4 Å². The minimum atomic E-state index is -0.539. The van der Waals surface area contributed by atoms with E-state index in [1.165, 1.54) is 40.3 Å². The van der Waals surface area contributed by atoms with Gasteiger partial charge in [-0.25, -0.2) is 23.4 Å². The predicted octanol–water partition coefficient (Wildman–Crippen LogP) is 6.75. The Balaban J connectivity index is 1.48. The molecule has 0 amide bonds. The fourth-order valence-electron chi connectivity index (χ4n) is 4.76. The van der Waals surface area contributed by atoms with Crippen LogP contribution >= 0.6 is 22.9 Å². The normalized spacial score (nSPS) is 12.5. The lowest BCUT2D eigenvalue weighted by molar-refractivity contribution is 0.231. The van der Waals surface area contributed by atoms with Crippen molar-refractivity contribution in [1.29, 1.82) is 0 Å². The molecule has 0 saturated heterocycles. The lowest BCUT2D eigenvalue weighted by Crippen LogP contribution is -2.15. The zero-order chi connectivity index (χ0) is 29.0. The molecule has 6 aromatic rings. The van der Waals surface area contributed by atoms with Crippen LogP contribution in [0.4, 0.5) is 14.6 Å². The number of aromatic nitrogens is 5. The number of hydrogen-bond donors (Lipinski definition) is 1. The second-order valence-corrected chi connectivity index (χ2v) is 11.2. The lowest BCUT2D eigenvalue weighted by Gasteiger charge is -2.12. The molecule has 0 radical (unpaired) electrons. The number of anilines is 1. The number of pyridine rings is 1. The number of ether oxygens (including phenoxy) is 1. The Hall–Kier alpha value is -4.35. The standard InChI is InChI=1S/C29H23ClF2N6O2S/c1-14(2)40-21-9-7-17(12-20(21)32)24-23-27(33)34-13-35-28(23)38(36-24)15(3)25-26(30)37-22(41-25)10-8-19(29(37)39)16-5-4-6-18(31)11-16/h4-15H,1-3H3,(H2,33,34,35). The van der Waals surface area contributed by atoms with Gasteiger partial charge >= 0.3 is 0 Å². The summed E-state index contributed by atoms with van der Waals surface area (Å²) in [5.74, 6) is -0.666. The van der Waals surface area contributed by atoms with Crippen LogP contribution in [0.15, 0.2) is 65.7 Å². The van der Waals surface area contributed by atoms with Gasteiger partial charge in [-0.1, -0.05) is 23.7 Å². The van der Waals surface area contributed by atoms with Crippen LogP contribution in [0, 0.1) is 11.6 Å². The quantitative estimate of drug-likeness (QED) is 0.230. The molecule has 41 heavy (non-hydrogen) atoms. The lowest BCUT2D eigenvalue weighted by atomic mass is 10.1. The van der Waals surface area contributed by atoms with Gasteiger partial charge in [-0.05, 0) is 68.8 Å². The van der Waals surface area contributed by atoms with Crippen LogP contribution < -0.4 is 16.0 Å². The summed E-state index contributed by atoms with van der Waals surface area (Å²) >= 11 is 8.14. The van der Waals surface area contributed by atoms with Crippen LogP contribution in [0.3, 0.4) is 0 Å². The Labute approximate surface area is 241 Å². The topological polar surface area (TPSA) is 100 Å². The maximum atomic E-state index is 14.9. The Morgan fingerprint density at radius 1 is 1.02 bits per heavy atom. The second kappa shape index (κ2) is 10.2. The van der Waals surface area contributed by atoms with Gasteiger partial charge in [0.15, 0.2) is 17.2 Å². The van der Waals surface area contributed by atoms with Crippen molar-refractivity contribution in [3.63, 3.8) is 0 Å². The Morgan fingerprint density at radius 3 is 2.56 bits per heavy atom. The van der Waals surface area contributed by atoms with Crippen molar-refractivity contribution in [2.24, 2.45) is 0 Å². The number of benzene rings is 2. The molecule has 0 bridgehead atoms. The van der Waals surface area contributed by atoms with Crippen molar-refractivity contribution < 1.29 is 13.5 Å². The minimum absolute atomic E-state index is 0.130. The molecule has 12 heteroatoms. The molecule has 0 aliphatic carbocycles. The van der Waals surface area contributed by atoms with Gasteiger partial charge in [-0.2, -0.15) is 5.10 Å². The molecule has 4 aromatic heterocycles. The minimum Gasteiger partial charge on any atom is -0.488 e. The summed E-state index contributed by atoms with van der Waals surface area (Å²) in [6, 6.07) is 13.3. The van der Waals surface area contributed by atoms with Crippen LogP contribution in [-0.4, -0.2) is 30.3 Å². The first-order valence-corrected chi connectivity index (χ1v) is 13.9. The highest BCUT2D eigenvalue weighted by Gasteiger charge is 2.26. The number of nitrogens with zero attached hydrogens (tertiary/aromatic N) is 5. The fourth-order valence-corrected chi connectivity index (χ4v) is 6.33. The molecule has 2 N–H and O–H groups in total. The Bertz CT molecular complexity index is 2020.